The second-order valence-corrected chi connectivity index (χ2v) is 5.44. The van der Waals surface area contributed by atoms with Gasteiger partial charge in [0.2, 0.25) is 5.78 Å². The molecule has 0 amide bonds. The Kier molecular flexibility index (Phi) is 3.18. The molecule has 1 nitrogen and oxygen atoms in total. The average Bonchev–Trinajstić information content (AvgIpc) is 2.95. The van der Waals surface area contributed by atoms with E-state index in [-0.39, 0.29) is 5.78 Å². The maximum Gasteiger partial charge on any atom is 0.203 e. The number of aryl methyl sites for hydroxylation is 1. The largest absolute Gasteiger partial charge is 0.288 e. The minimum atomic E-state index is 0.126. The van der Waals surface area contributed by atoms with Gasteiger partial charge in [0, 0.05) is 5.56 Å². The number of benzene rings is 2. The van der Waals surface area contributed by atoms with Gasteiger partial charge in [-0.15, -0.1) is 11.3 Å². The first-order valence-corrected chi connectivity index (χ1v) is 7.27. The van der Waals surface area contributed by atoms with Crippen LogP contribution in [0, 0.1) is 0 Å². The van der Waals surface area contributed by atoms with Crippen molar-refractivity contribution in [2.24, 2.45) is 0 Å². The Morgan fingerprint density at radius 1 is 1.11 bits per heavy atom. The zero-order valence-electron chi connectivity index (χ0n) is 10.7. The van der Waals surface area contributed by atoms with Gasteiger partial charge in [-0.05, 0) is 34.2 Å². The predicted molar refractivity (Wildman–Crippen MR) is 81.1 cm³/mol. The minimum Gasteiger partial charge on any atom is -0.288 e. The molecule has 0 radical (unpaired) electrons. The van der Waals surface area contributed by atoms with Crippen molar-refractivity contribution in [3.05, 3.63) is 69.9 Å². The minimum absolute atomic E-state index is 0.126. The first-order chi connectivity index (χ1) is 9.29. The van der Waals surface area contributed by atoms with Gasteiger partial charge in [-0.1, -0.05) is 49.4 Å². The molecule has 2 heteroatoms. The summed E-state index contributed by atoms with van der Waals surface area (Å²) in [7, 11) is 0. The molecular weight excluding hydrogens is 252 g/mol. The van der Waals surface area contributed by atoms with Crippen molar-refractivity contribution in [2.75, 3.05) is 0 Å². The number of hydrogen-bond acceptors (Lipinski definition) is 2. The molecule has 3 aromatic rings. The van der Waals surface area contributed by atoms with Gasteiger partial charge < -0.3 is 0 Å². The summed E-state index contributed by atoms with van der Waals surface area (Å²) in [5.74, 6) is 0.126. The fourth-order valence-electron chi connectivity index (χ4n) is 2.24. The second kappa shape index (κ2) is 4.98. The van der Waals surface area contributed by atoms with Crippen LogP contribution in [0.1, 0.15) is 27.7 Å². The van der Waals surface area contributed by atoms with E-state index in [1.54, 1.807) is 0 Å². The number of thiophene rings is 1. The highest BCUT2D eigenvalue weighted by molar-refractivity contribution is 7.12. The molecule has 0 unspecified atom stereocenters. The van der Waals surface area contributed by atoms with E-state index in [0.717, 1.165) is 27.6 Å². The van der Waals surface area contributed by atoms with E-state index in [0.29, 0.717) is 0 Å². The van der Waals surface area contributed by atoms with Crippen LogP contribution in [0.4, 0.5) is 0 Å². The smallest absolute Gasteiger partial charge is 0.203 e. The van der Waals surface area contributed by atoms with Gasteiger partial charge in [0.1, 0.15) is 0 Å². The van der Waals surface area contributed by atoms with Crippen molar-refractivity contribution < 1.29 is 4.79 Å². The summed E-state index contributed by atoms with van der Waals surface area (Å²) < 4.78 is 0. The Morgan fingerprint density at radius 3 is 2.68 bits per heavy atom. The summed E-state index contributed by atoms with van der Waals surface area (Å²) in [6.07, 6.45) is 0.972. The fraction of sp³-hybridized carbons (Fsp3) is 0.118. The molecule has 3 rings (SSSR count). The molecule has 0 N–H and O–H groups in total. The highest BCUT2D eigenvalue weighted by Gasteiger charge is 2.14. The van der Waals surface area contributed by atoms with Gasteiger partial charge in [0.25, 0.3) is 0 Å². The standard InChI is InChI=1S/C17H14OS/c1-2-12-10-16(19-11-12)17(18)15-9-5-7-13-6-3-4-8-14(13)15/h3-11H,2H2,1H3. The maximum atomic E-state index is 12.6. The number of rotatable bonds is 3. The topological polar surface area (TPSA) is 17.1 Å². The molecule has 0 aliphatic heterocycles. The van der Waals surface area contributed by atoms with Crippen molar-refractivity contribution in [2.45, 2.75) is 13.3 Å². The van der Waals surface area contributed by atoms with E-state index >= 15 is 0 Å². The summed E-state index contributed by atoms with van der Waals surface area (Å²) in [5, 5.41) is 4.21. The molecular formula is C17H14OS. The van der Waals surface area contributed by atoms with Crippen molar-refractivity contribution in [3.8, 4) is 0 Å². The van der Waals surface area contributed by atoms with Crippen LogP contribution in [0.5, 0.6) is 0 Å². The molecule has 0 saturated heterocycles. The third-order valence-electron chi connectivity index (χ3n) is 3.32. The van der Waals surface area contributed by atoms with Crippen LogP contribution in [0.2, 0.25) is 0 Å². The SMILES string of the molecule is CCc1csc(C(=O)c2cccc3ccccc23)c1. The number of carbonyl (C=O) groups is 1. The monoisotopic (exact) mass is 266 g/mol. The summed E-state index contributed by atoms with van der Waals surface area (Å²) in [4.78, 5) is 13.4. The van der Waals surface area contributed by atoms with Crippen LogP contribution < -0.4 is 0 Å². The molecule has 0 aliphatic rings. The van der Waals surface area contributed by atoms with Crippen LogP contribution in [0.3, 0.4) is 0 Å². The zero-order valence-corrected chi connectivity index (χ0v) is 11.5. The molecule has 1 aromatic heterocycles. The number of fused-ring (bicyclic) bond motifs is 1. The van der Waals surface area contributed by atoms with Crippen LogP contribution in [0.15, 0.2) is 53.9 Å². The van der Waals surface area contributed by atoms with E-state index < -0.39 is 0 Å². The molecule has 0 aliphatic carbocycles. The van der Waals surface area contributed by atoms with Gasteiger partial charge in [0.15, 0.2) is 0 Å². The van der Waals surface area contributed by atoms with Crippen LogP contribution in [-0.4, -0.2) is 5.78 Å². The molecule has 2 aromatic carbocycles. The first-order valence-electron chi connectivity index (χ1n) is 6.39. The summed E-state index contributed by atoms with van der Waals surface area (Å²) in [5.41, 5.74) is 2.02. The molecule has 19 heavy (non-hydrogen) atoms. The van der Waals surface area contributed by atoms with E-state index in [2.05, 4.69) is 12.3 Å². The number of hydrogen-bond donors (Lipinski definition) is 0. The van der Waals surface area contributed by atoms with Crippen LogP contribution >= 0.6 is 11.3 Å². The second-order valence-electron chi connectivity index (χ2n) is 4.53. The summed E-state index contributed by atoms with van der Waals surface area (Å²) in [6.45, 7) is 2.11. The third-order valence-corrected chi connectivity index (χ3v) is 4.30. The van der Waals surface area contributed by atoms with Crippen molar-refractivity contribution in [1.29, 1.82) is 0 Å². The lowest BCUT2D eigenvalue weighted by Gasteiger charge is -2.04. The van der Waals surface area contributed by atoms with Crippen LogP contribution in [0.25, 0.3) is 10.8 Å². The molecule has 94 valence electrons. The van der Waals surface area contributed by atoms with Crippen LogP contribution in [-0.2, 0) is 6.42 Å². The average molecular weight is 266 g/mol. The highest BCUT2D eigenvalue weighted by Crippen LogP contribution is 2.24. The first kappa shape index (κ1) is 12.1. The van der Waals surface area contributed by atoms with E-state index in [9.17, 15) is 4.79 Å². The van der Waals surface area contributed by atoms with E-state index in [4.69, 9.17) is 0 Å². The Labute approximate surface area is 116 Å². The van der Waals surface area contributed by atoms with E-state index in [1.807, 2.05) is 48.5 Å². The Hall–Kier alpha value is -1.93. The molecule has 0 atom stereocenters. The normalized spacial score (nSPS) is 10.8. The fourth-order valence-corrected chi connectivity index (χ4v) is 3.19. The lowest BCUT2D eigenvalue weighted by molar-refractivity contribution is 0.104. The summed E-state index contributed by atoms with van der Waals surface area (Å²) in [6, 6.07) is 15.9. The summed E-state index contributed by atoms with van der Waals surface area (Å²) >= 11 is 1.54. The molecule has 0 spiro atoms. The molecule has 0 bridgehead atoms. The number of ketones is 1. The number of carbonyl (C=O) groups excluding carboxylic acids is 1. The Balaban J connectivity index is 2.11. The molecule has 0 saturated carbocycles. The van der Waals surface area contributed by atoms with Crippen molar-refractivity contribution in [1.82, 2.24) is 0 Å². The molecule has 1 heterocycles. The Bertz CT molecular complexity index is 734. The van der Waals surface area contributed by atoms with Crippen molar-refractivity contribution >= 4 is 27.9 Å². The van der Waals surface area contributed by atoms with Gasteiger partial charge in [-0.25, -0.2) is 0 Å². The van der Waals surface area contributed by atoms with E-state index in [1.165, 1.54) is 16.9 Å². The lowest BCUT2D eigenvalue weighted by atomic mass is 10.0. The van der Waals surface area contributed by atoms with Gasteiger partial charge in [-0.3, -0.25) is 4.79 Å². The third kappa shape index (κ3) is 2.20. The maximum absolute atomic E-state index is 12.6. The van der Waals surface area contributed by atoms with Gasteiger partial charge in [-0.2, -0.15) is 0 Å². The zero-order chi connectivity index (χ0) is 13.2. The van der Waals surface area contributed by atoms with Gasteiger partial charge in [0.05, 0.1) is 4.88 Å². The lowest BCUT2D eigenvalue weighted by Crippen LogP contribution is -1.99. The molecule has 0 fully saturated rings. The Morgan fingerprint density at radius 2 is 1.89 bits per heavy atom. The quantitative estimate of drug-likeness (QED) is 0.628. The van der Waals surface area contributed by atoms with Gasteiger partial charge >= 0.3 is 0 Å². The highest BCUT2D eigenvalue weighted by atomic mass is 32.1. The van der Waals surface area contributed by atoms with Crippen molar-refractivity contribution in [3.63, 3.8) is 0 Å². The predicted octanol–water partition coefficient (Wildman–Crippen LogP) is 4.69.